The monoisotopic (exact) mass is 261 g/mol. The van der Waals surface area contributed by atoms with E-state index in [4.69, 9.17) is 0 Å². The van der Waals surface area contributed by atoms with Crippen LogP contribution in [-0.2, 0) is 11.3 Å². The second kappa shape index (κ2) is 6.68. The molecule has 1 aliphatic rings. The van der Waals surface area contributed by atoms with Crippen LogP contribution >= 0.6 is 0 Å². The van der Waals surface area contributed by atoms with Crippen molar-refractivity contribution < 1.29 is 4.79 Å². The van der Waals surface area contributed by atoms with Gasteiger partial charge in [-0.05, 0) is 31.0 Å². The van der Waals surface area contributed by atoms with Crippen LogP contribution in [0.25, 0.3) is 0 Å². The molecule has 1 aliphatic heterocycles. The molecule has 19 heavy (non-hydrogen) atoms. The maximum absolute atomic E-state index is 11.9. The van der Waals surface area contributed by atoms with Crippen LogP contribution in [0.3, 0.4) is 0 Å². The van der Waals surface area contributed by atoms with Crippen molar-refractivity contribution in [3.63, 3.8) is 0 Å². The van der Waals surface area contributed by atoms with E-state index in [1.165, 1.54) is 11.1 Å². The van der Waals surface area contributed by atoms with Gasteiger partial charge in [0.2, 0.25) is 5.91 Å². The first-order chi connectivity index (χ1) is 9.22. The van der Waals surface area contributed by atoms with E-state index in [9.17, 15) is 4.79 Å². The van der Waals surface area contributed by atoms with Crippen molar-refractivity contribution in [1.82, 2.24) is 15.5 Å². The third kappa shape index (κ3) is 3.55. The highest BCUT2D eigenvalue weighted by Gasteiger charge is 2.18. The summed E-state index contributed by atoms with van der Waals surface area (Å²) in [6.45, 7) is 5.04. The molecule has 1 unspecified atom stereocenters. The van der Waals surface area contributed by atoms with E-state index in [-0.39, 0.29) is 11.9 Å². The van der Waals surface area contributed by atoms with Gasteiger partial charge in [0.05, 0.1) is 6.54 Å². The Kier molecular flexibility index (Phi) is 4.93. The lowest BCUT2D eigenvalue weighted by molar-refractivity contribution is -0.128. The van der Waals surface area contributed by atoms with Gasteiger partial charge in [0.25, 0.3) is 0 Å². The van der Waals surface area contributed by atoms with E-state index < -0.39 is 0 Å². The van der Waals surface area contributed by atoms with Crippen LogP contribution in [0.4, 0.5) is 0 Å². The zero-order chi connectivity index (χ0) is 13.7. The average molecular weight is 261 g/mol. The molecule has 0 spiro atoms. The van der Waals surface area contributed by atoms with Crippen LogP contribution in [0.5, 0.6) is 0 Å². The molecule has 0 fully saturated rings. The van der Waals surface area contributed by atoms with Crippen molar-refractivity contribution in [1.29, 1.82) is 0 Å². The van der Waals surface area contributed by atoms with E-state index in [2.05, 4.69) is 34.9 Å². The zero-order valence-corrected chi connectivity index (χ0v) is 11.8. The molecule has 0 saturated heterocycles. The molecule has 0 saturated carbocycles. The van der Waals surface area contributed by atoms with Crippen LogP contribution in [-0.4, -0.2) is 37.5 Å². The van der Waals surface area contributed by atoms with E-state index in [1.54, 1.807) is 4.90 Å². The first-order valence-corrected chi connectivity index (χ1v) is 6.98. The Morgan fingerprint density at radius 2 is 2.26 bits per heavy atom. The number of fused-ring (bicyclic) bond motifs is 1. The molecule has 0 radical (unpaired) electrons. The summed E-state index contributed by atoms with van der Waals surface area (Å²) in [4.78, 5) is 13.6. The summed E-state index contributed by atoms with van der Waals surface area (Å²) < 4.78 is 0. The maximum Gasteiger partial charge on any atom is 0.236 e. The third-order valence-electron chi connectivity index (χ3n) is 3.76. The van der Waals surface area contributed by atoms with Gasteiger partial charge in [-0.2, -0.15) is 0 Å². The summed E-state index contributed by atoms with van der Waals surface area (Å²) in [5.74, 6) is 0.150. The molecule has 2 N–H and O–H groups in total. The van der Waals surface area contributed by atoms with Gasteiger partial charge in [-0.3, -0.25) is 4.79 Å². The molecule has 0 aromatic heterocycles. The molecule has 1 aromatic rings. The maximum atomic E-state index is 11.9. The van der Waals surface area contributed by atoms with Crippen LogP contribution in [0.1, 0.15) is 30.5 Å². The summed E-state index contributed by atoms with van der Waals surface area (Å²) in [6.07, 6.45) is 1.01. The predicted molar refractivity (Wildman–Crippen MR) is 76.8 cm³/mol. The molecule has 4 nitrogen and oxygen atoms in total. The predicted octanol–water partition coefficient (Wildman–Crippen LogP) is 1.29. The first-order valence-electron chi connectivity index (χ1n) is 6.98. The van der Waals surface area contributed by atoms with Crippen molar-refractivity contribution in [2.24, 2.45) is 0 Å². The van der Waals surface area contributed by atoms with Crippen LogP contribution in [0.15, 0.2) is 24.3 Å². The second-order valence-electron chi connectivity index (χ2n) is 5.01. The molecule has 2 rings (SSSR count). The summed E-state index contributed by atoms with van der Waals surface area (Å²) in [5.41, 5.74) is 2.65. The number of carbonyl (C=O) groups is 1. The first kappa shape index (κ1) is 14.0. The molecule has 0 bridgehead atoms. The van der Waals surface area contributed by atoms with Crippen molar-refractivity contribution in [2.75, 3.05) is 26.7 Å². The van der Waals surface area contributed by atoms with Gasteiger partial charge in [0.1, 0.15) is 0 Å². The van der Waals surface area contributed by atoms with Gasteiger partial charge < -0.3 is 15.5 Å². The number of likely N-dealkylation sites (N-methyl/N-ethyl adjacent to an activating group) is 1. The molecule has 1 aromatic carbocycles. The Bertz CT molecular complexity index is 433. The number of rotatable bonds is 4. The number of carbonyl (C=O) groups excluding carboxylic acids is 1. The second-order valence-corrected chi connectivity index (χ2v) is 5.01. The number of amides is 1. The fourth-order valence-electron chi connectivity index (χ4n) is 2.39. The largest absolute Gasteiger partial charge is 0.345 e. The minimum absolute atomic E-state index is 0.150. The Balaban J connectivity index is 2.02. The Hall–Kier alpha value is -1.39. The lowest BCUT2D eigenvalue weighted by Crippen LogP contribution is -2.37. The third-order valence-corrected chi connectivity index (χ3v) is 3.76. The minimum atomic E-state index is 0.150. The Labute approximate surface area is 115 Å². The van der Waals surface area contributed by atoms with Gasteiger partial charge in [0.15, 0.2) is 0 Å². The zero-order valence-electron chi connectivity index (χ0n) is 11.8. The highest BCUT2D eigenvalue weighted by atomic mass is 16.2. The van der Waals surface area contributed by atoms with E-state index in [1.807, 2.05) is 14.0 Å². The lowest BCUT2D eigenvalue weighted by Gasteiger charge is -2.21. The highest BCUT2D eigenvalue weighted by molar-refractivity contribution is 5.77. The van der Waals surface area contributed by atoms with Gasteiger partial charge in [-0.1, -0.05) is 24.3 Å². The number of nitrogens with one attached hydrogen (secondary N) is 2. The molecule has 1 heterocycles. The van der Waals surface area contributed by atoms with Crippen molar-refractivity contribution >= 4 is 5.91 Å². The smallest absolute Gasteiger partial charge is 0.236 e. The highest BCUT2D eigenvalue weighted by Crippen LogP contribution is 2.23. The normalized spacial score (nSPS) is 18.5. The lowest BCUT2D eigenvalue weighted by atomic mass is 9.99. The van der Waals surface area contributed by atoms with Crippen molar-refractivity contribution in [2.45, 2.75) is 25.9 Å². The SMILES string of the molecule is CCN(C)C(=O)CNC1CCNCc2ccccc21. The van der Waals surface area contributed by atoms with Crippen LogP contribution < -0.4 is 10.6 Å². The van der Waals surface area contributed by atoms with Gasteiger partial charge in [0, 0.05) is 26.2 Å². The van der Waals surface area contributed by atoms with Crippen LogP contribution in [0, 0.1) is 0 Å². The van der Waals surface area contributed by atoms with Gasteiger partial charge in [-0.15, -0.1) is 0 Å². The molecular weight excluding hydrogens is 238 g/mol. The number of benzene rings is 1. The molecule has 1 amide bonds. The topological polar surface area (TPSA) is 44.4 Å². The summed E-state index contributed by atoms with van der Waals surface area (Å²) in [6, 6.07) is 8.72. The fourth-order valence-corrected chi connectivity index (χ4v) is 2.39. The molecular formula is C15H23N3O. The van der Waals surface area contributed by atoms with Crippen molar-refractivity contribution in [3.05, 3.63) is 35.4 Å². The van der Waals surface area contributed by atoms with Crippen molar-refractivity contribution in [3.8, 4) is 0 Å². The summed E-state index contributed by atoms with van der Waals surface area (Å²) in [5, 5.41) is 6.82. The fraction of sp³-hybridized carbons (Fsp3) is 0.533. The molecule has 4 heteroatoms. The van der Waals surface area contributed by atoms with Gasteiger partial charge in [-0.25, -0.2) is 0 Å². The molecule has 0 aliphatic carbocycles. The van der Waals surface area contributed by atoms with E-state index in [0.717, 1.165) is 26.1 Å². The van der Waals surface area contributed by atoms with Crippen LogP contribution in [0.2, 0.25) is 0 Å². The van der Waals surface area contributed by atoms with E-state index in [0.29, 0.717) is 6.54 Å². The Morgan fingerprint density at radius 3 is 3.05 bits per heavy atom. The number of hydrogen-bond acceptors (Lipinski definition) is 3. The molecule has 1 atom stereocenters. The average Bonchev–Trinajstić information content (AvgIpc) is 2.66. The molecule has 104 valence electrons. The minimum Gasteiger partial charge on any atom is -0.345 e. The van der Waals surface area contributed by atoms with E-state index >= 15 is 0 Å². The summed E-state index contributed by atoms with van der Waals surface area (Å²) >= 11 is 0. The number of hydrogen-bond donors (Lipinski definition) is 2. The Morgan fingerprint density at radius 1 is 1.47 bits per heavy atom. The quantitative estimate of drug-likeness (QED) is 0.858. The van der Waals surface area contributed by atoms with Gasteiger partial charge >= 0.3 is 0 Å². The summed E-state index contributed by atoms with van der Waals surface area (Å²) in [7, 11) is 1.84. The number of nitrogens with zero attached hydrogens (tertiary/aromatic N) is 1. The standard InChI is InChI=1S/C15H23N3O/c1-3-18(2)15(19)11-17-14-8-9-16-10-12-6-4-5-7-13(12)14/h4-7,14,16-17H,3,8-11H2,1-2H3.